The molecule has 1 N–H and O–H groups in total. The van der Waals surface area contributed by atoms with Gasteiger partial charge in [-0.05, 0) is 29.3 Å². The van der Waals surface area contributed by atoms with Crippen LogP contribution in [0.15, 0.2) is 84.0 Å². The molecule has 0 aliphatic heterocycles. The van der Waals surface area contributed by atoms with Crippen LogP contribution in [0.4, 0.5) is 0 Å². The van der Waals surface area contributed by atoms with Gasteiger partial charge in [0.05, 0.1) is 6.21 Å². The van der Waals surface area contributed by atoms with Crippen LogP contribution in [0.25, 0.3) is 11.1 Å². The Hall–Kier alpha value is -3.11. The number of nitrogens with one attached hydrogen (secondary N) is 1. The van der Waals surface area contributed by atoms with Gasteiger partial charge in [-0.25, -0.2) is 5.43 Å². The molecule has 0 saturated carbocycles. The van der Waals surface area contributed by atoms with Gasteiger partial charge >= 0.3 is 0 Å². The second-order valence-electron chi connectivity index (χ2n) is 5.50. The predicted octanol–water partition coefficient (Wildman–Crippen LogP) is 4.54. The number of halogens is 1. The normalized spacial score (nSPS) is 10.7. The van der Waals surface area contributed by atoms with Crippen LogP contribution in [-0.2, 0) is 4.79 Å². The van der Waals surface area contributed by atoms with Crippen molar-refractivity contribution in [1.82, 2.24) is 5.43 Å². The highest BCUT2D eigenvalue weighted by Crippen LogP contribution is 2.29. The minimum atomic E-state index is -0.342. The van der Waals surface area contributed by atoms with Gasteiger partial charge in [-0.2, -0.15) is 5.10 Å². The summed E-state index contributed by atoms with van der Waals surface area (Å²) in [6.07, 6.45) is 1.53. The van der Waals surface area contributed by atoms with Crippen LogP contribution in [0, 0.1) is 0 Å². The Bertz CT molecular complexity index is 911. The third kappa shape index (κ3) is 4.94. The summed E-state index contributed by atoms with van der Waals surface area (Å²) >= 11 is 5.90. The summed E-state index contributed by atoms with van der Waals surface area (Å²) in [6, 6.07) is 24.7. The topological polar surface area (TPSA) is 50.7 Å². The molecule has 0 aromatic heterocycles. The molecule has 0 heterocycles. The van der Waals surface area contributed by atoms with Gasteiger partial charge in [0.25, 0.3) is 5.91 Å². The molecular weight excluding hydrogens is 348 g/mol. The molecule has 3 rings (SSSR count). The highest BCUT2D eigenvalue weighted by atomic mass is 35.5. The van der Waals surface area contributed by atoms with Crippen LogP contribution in [0.3, 0.4) is 0 Å². The molecule has 0 aliphatic carbocycles. The van der Waals surface area contributed by atoms with E-state index in [1.54, 1.807) is 12.1 Å². The summed E-state index contributed by atoms with van der Waals surface area (Å²) in [5, 5.41) is 4.52. The molecule has 0 atom stereocenters. The molecule has 3 aromatic rings. The number of benzene rings is 3. The van der Waals surface area contributed by atoms with Crippen molar-refractivity contribution >= 4 is 23.7 Å². The van der Waals surface area contributed by atoms with Gasteiger partial charge in [-0.3, -0.25) is 4.79 Å². The van der Waals surface area contributed by atoms with Crippen LogP contribution in [-0.4, -0.2) is 18.7 Å². The van der Waals surface area contributed by atoms with Gasteiger partial charge in [-0.1, -0.05) is 72.3 Å². The third-order valence-corrected chi connectivity index (χ3v) is 3.82. The molecule has 130 valence electrons. The second-order valence-corrected chi connectivity index (χ2v) is 5.94. The monoisotopic (exact) mass is 364 g/mol. The van der Waals surface area contributed by atoms with E-state index in [4.69, 9.17) is 16.3 Å². The number of carbonyl (C=O) groups is 1. The molecule has 0 fully saturated rings. The number of hydrogen-bond acceptors (Lipinski definition) is 3. The Morgan fingerprint density at radius 2 is 1.77 bits per heavy atom. The maximum atomic E-state index is 11.9. The fraction of sp³-hybridized carbons (Fsp3) is 0.0476. The van der Waals surface area contributed by atoms with Crippen molar-refractivity contribution in [3.63, 3.8) is 0 Å². The standard InChI is InChI=1S/C21H17ClN2O2/c22-18-10-6-7-16(13-18)14-23-24-21(25)15-26-20-12-5-4-11-19(20)17-8-2-1-3-9-17/h1-14H,15H2,(H,24,25)/b23-14+. The van der Waals surface area contributed by atoms with Crippen molar-refractivity contribution in [3.8, 4) is 16.9 Å². The zero-order chi connectivity index (χ0) is 18.2. The molecule has 1 amide bonds. The Labute approximate surface area is 157 Å². The Morgan fingerprint density at radius 3 is 2.58 bits per heavy atom. The Kier molecular flexibility index (Phi) is 6.01. The van der Waals surface area contributed by atoms with Crippen LogP contribution in [0.2, 0.25) is 5.02 Å². The molecule has 3 aromatic carbocycles. The molecule has 0 saturated heterocycles. The highest BCUT2D eigenvalue weighted by molar-refractivity contribution is 6.30. The van der Waals surface area contributed by atoms with Gasteiger partial charge in [0.15, 0.2) is 6.61 Å². The van der Waals surface area contributed by atoms with E-state index in [0.29, 0.717) is 10.8 Å². The van der Waals surface area contributed by atoms with Crippen LogP contribution in [0.5, 0.6) is 5.75 Å². The molecule has 0 unspecified atom stereocenters. The van der Waals surface area contributed by atoms with E-state index in [9.17, 15) is 4.79 Å². The highest BCUT2D eigenvalue weighted by Gasteiger charge is 2.07. The molecule has 5 heteroatoms. The SMILES string of the molecule is O=C(COc1ccccc1-c1ccccc1)N/N=C/c1cccc(Cl)c1. The van der Waals surface area contributed by atoms with Gasteiger partial charge in [-0.15, -0.1) is 0 Å². The van der Waals surface area contributed by atoms with Crippen LogP contribution >= 0.6 is 11.6 Å². The van der Waals surface area contributed by atoms with Crippen molar-refractivity contribution in [2.75, 3.05) is 6.61 Å². The summed E-state index contributed by atoms with van der Waals surface area (Å²) in [5.74, 6) is 0.304. The molecule has 0 spiro atoms. The van der Waals surface area contributed by atoms with Crippen molar-refractivity contribution in [1.29, 1.82) is 0 Å². The minimum absolute atomic E-state index is 0.128. The van der Waals surface area contributed by atoms with Gasteiger partial charge in [0.2, 0.25) is 0 Å². The van der Waals surface area contributed by atoms with Gasteiger partial charge in [0.1, 0.15) is 5.75 Å². The zero-order valence-electron chi connectivity index (χ0n) is 13.9. The molecule has 0 aliphatic rings. The zero-order valence-corrected chi connectivity index (χ0v) is 14.7. The number of hydrogen-bond donors (Lipinski definition) is 1. The van der Waals surface area contributed by atoms with E-state index in [0.717, 1.165) is 16.7 Å². The number of nitrogens with zero attached hydrogens (tertiary/aromatic N) is 1. The molecular formula is C21H17ClN2O2. The second kappa shape index (κ2) is 8.83. The first-order valence-electron chi connectivity index (χ1n) is 8.07. The van der Waals surface area contributed by atoms with Crippen molar-refractivity contribution in [3.05, 3.63) is 89.4 Å². The van der Waals surface area contributed by atoms with Crippen molar-refractivity contribution < 1.29 is 9.53 Å². The van der Waals surface area contributed by atoms with Crippen LogP contribution in [0.1, 0.15) is 5.56 Å². The lowest BCUT2D eigenvalue weighted by molar-refractivity contribution is -0.123. The summed E-state index contributed by atoms with van der Waals surface area (Å²) in [4.78, 5) is 11.9. The van der Waals surface area contributed by atoms with E-state index in [2.05, 4.69) is 10.5 Å². The quantitative estimate of drug-likeness (QED) is 0.516. The average molecular weight is 365 g/mol. The first-order valence-corrected chi connectivity index (χ1v) is 8.45. The fourth-order valence-corrected chi connectivity index (χ4v) is 2.59. The number of carbonyl (C=O) groups excluding carboxylic acids is 1. The first kappa shape index (κ1) is 17.7. The van der Waals surface area contributed by atoms with E-state index >= 15 is 0 Å². The Morgan fingerprint density at radius 1 is 1.00 bits per heavy atom. The van der Waals surface area contributed by atoms with E-state index < -0.39 is 0 Å². The molecule has 0 bridgehead atoms. The fourth-order valence-electron chi connectivity index (χ4n) is 2.39. The number of hydrazone groups is 1. The number of ether oxygens (including phenoxy) is 1. The predicted molar refractivity (Wildman–Crippen MR) is 105 cm³/mol. The molecule has 4 nitrogen and oxygen atoms in total. The minimum Gasteiger partial charge on any atom is -0.483 e. The van der Waals surface area contributed by atoms with E-state index in [1.807, 2.05) is 66.7 Å². The smallest absolute Gasteiger partial charge is 0.277 e. The summed E-state index contributed by atoms with van der Waals surface area (Å²) in [5.41, 5.74) is 5.21. The molecule has 0 radical (unpaired) electrons. The van der Waals surface area contributed by atoms with E-state index in [-0.39, 0.29) is 12.5 Å². The van der Waals surface area contributed by atoms with Crippen LogP contribution < -0.4 is 10.2 Å². The summed E-state index contributed by atoms with van der Waals surface area (Å²) in [7, 11) is 0. The third-order valence-electron chi connectivity index (χ3n) is 3.58. The first-order chi connectivity index (χ1) is 12.7. The van der Waals surface area contributed by atoms with Gasteiger partial charge < -0.3 is 4.74 Å². The largest absolute Gasteiger partial charge is 0.483 e. The summed E-state index contributed by atoms with van der Waals surface area (Å²) < 4.78 is 5.67. The Balaban J connectivity index is 1.58. The average Bonchev–Trinajstić information content (AvgIpc) is 2.67. The van der Waals surface area contributed by atoms with Crippen molar-refractivity contribution in [2.45, 2.75) is 0 Å². The summed E-state index contributed by atoms with van der Waals surface area (Å²) in [6.45, 7) is -0.128. The lowest BCUT2D eigenvalue weighted by Gasteiger charge is -2.10. The van der Waals surface area contributed by atoms with Crippen molar-refractivity contribution in [2.24, 2.45) is 5.10 Å². The van der Waals surface area contributed by atoms with Gasteiger partial charge in [0, 0.05) is 10.6 Å². The molecule has 26 heavy (non-hydrogen) atoms. The lowest BCUT2D eigenvalue weighted by Crippen LogP contribution is -2.24. The van der Waals surface area contributed by atoms with E-state index in [1.165, 1.54) is 6.21 Å². The maximum absolute atomic E-state index is 11.9. The number of amides is 1. The number of rotatable bonds is 6. The maximum Gasteiger partial charge on any atom is 0.277 e. The number of para-hydroxylation sites is 1. The lowest BCUT2D eigenvalue weighted by atomic mass is 10.1.